The molecule has 18 heavy (non-hydrogen) atoms. The van der Waals surface area contributed by atoms with Crippen molar-refractivity contribution in [1.82, 2.24) is 0 Å². The van der Waals surface area contributed by atoms with E-state index in [0.29, 0.717) is 11.4 Å². The van der Waals surface area contributed by atoms with Crippen molar-refractivity contribution < 1.29 is 21.8 Å². The molecule has 0 aromatic heterocycles. The van der Waals surface area contributed by atoms with Crippen LogP contribution >= 0.6 is 0 Å². The predicted molar refractivity (Wildman–Crippen MR) is 63.8 cm³/mol. The fraction of sp³-hybridized carbons (Fsp3) is 0.364. The molecule has 1 aromatic carbocycles. The predicted octanol–water partition coefficient (Wildman–Crippen LogP) is 1.10. The summed E-state index contributed by atoms with van der Waals surface area (Å²) >= 11 is 0. The molecule has 0 radical (unpaired) electrons. The smallest absolute Gasteiger partial charge is 0.307 e. The first-order valence-electron chi connectivity index (χ1n) is 5.30. The van der Waals surface area contributed by atoms with Gasteiger partial charge in [-0.15, -0.1) is 3.89 Å². The third-order valence-corrected chi connectivity index (χ3v) is 3.98. The second-order valence-corrected chi connectivity index (χ2v) is 5.60. The van der Waals surface area contributed by atoms with Crippen molar-refractivity contribution in [2.45, 2.75) is 11.7 Å². The van der Waals surface area contributed by atoms with E-state index < -0.39 is 21.4 Å². The topological polar surface area (TPSA) is 63.7 Å². The number of carbonyl (C=O) groups is 1. The molecule has 0 bridgehead atoms. The Hall–Kier alpha value is -1.63. The summed E-state index contributed by atoms with van der Waals surface area (Å²) in [6.07, 6.45) is -0.336. The molecule has 1 saturated heterocycles. The summed E-state index contributed by atoms with van der Waals surface area (Å²) in [6, 6.07) is 6.71. The molecule has 5 nitrogen and oxygen atoms in total. The summed E-state index contributed by atoms with van der Waals surface area (Å²) in [6.45, 7) is -0.183. The van der Waals surface area contributed by atoms with Crippen molar-refractivity contribution in [3.63, 3.8) is 0 Å². The van der Waals surface area contributed by atoms with E-state index in [0.717, 1.165) is 0 Å². The van der Waals surface area contributed by atoms with Gasteiger partial charge in [0.15, 0.2) is 0 Å². The molecule has 1 aliphatic rings. The van der Waals surface area contributed by atoms with E-state index in [2.05, 4.69) is 0 Å². The maximum absolute atomic E-state index is 12.9. The van der Waals surface area contributed by atoms with E-state index in [1.807, 2.05) is 0 Å². The molecular formula is C11H12FNO4S. The van der Waals surface area contributed by atoms with Gasteiger partial charge in [0, 0.05) is 13.0 Å². The third kappa shape index (κ3) is 2.31. The minimum Gasteiger partial charge on any atom is -0.495 e. The Morgan fingerprint density at radius 1 is 1.39 bits per heavy atom. The van der Waals surface area contributed by atoms with Crippen LogP contribution in [-0.2, 0) is 15.0 Å². The quantitative estimate of drug-likeness (QED) is 0.774. The Morgan fingerprint density at radius 3 is 2.61 bits per heavy atom. The molecule has 1 fully saturated rings. The summed E-state index contributed by atoms with van der Waals surface area (Å²) in [4.78, 5) is 13.0. The number of hydrogen-bond donors (Lipinski definition) is 0. The number of halogens is 1. The molecule has 1 atom stereocenters. The monoisotopic (exact) mass is 273 g/mol. The lowest BCUT2D eigenvalue weighted by Crippen LogP contribution is -2.27. The van der Waals surface area contributed by atoms with E-state index in [9.17, 15) is 17.1 Å². The van der Waals surface area contributed by atoms with Crippen LogP contribution in [0.5, 0.6) is 5.75 Å². The molecule has 7 heteroatoms. The van der Waals surface area contributed by atoms with Gasteiger partial charge in [0.25, 0.3) is 0 Å². The van der Waals surface area contributed by atoms with Crippen LogP contribution in [0.2, 0.25) is 0 Å². The molecule has 98 valence electrons. The Bertz CT molecular complexity index is 572. The first-order chi connectivity index (χ1) is 8.43. The molecular weight excluding hydrogens is 261 g/mol. The van der Waals surface area contributed by atoms with E-state index >= 15 is 0 Å². The number of anilines is 1. The van der Waals surface area contributed by atoms with Gasteiger partial charge in [0.05, 0.1) is 12.8 Å². The van der Waals surface area contributed by atoms with E-state index in [4.69, 9.17) is 4.74 Å². The molecule has 1 heterocycles. The minimum absolute atomic E-state index is 0.183. The van der Waals surface area contributed by atoms with E-state index in [1.165, 1.54) is 12.0 Å². The minimum atomic E-state index is -4.70. The molecule has 1 aliphatic heterocycles. The zero-order valence-corrected chi connectivity index (χ0v) is 10.5. The normalized spacial score (nSPS) is 20.2. The van der Waals surface area contributed by atoms with Gasteiger partial charge in [-0.3, -0.25) is 4.79 Å². The number of benzene rings is 1. The van der Waals surface area contributed by atoms with Crippen molar-refractivity contribution in [3.05, 3.63) is 24.3 Å². The van der Waals surface area contributed by atoms with Crippen LogP contribution in [0.1, 0.15) is 6.42 Å². The lowest BCUT2D eigenvalue weighted by Gasteiger charge is -2.18. The standard InChI is InChI=1S/C11H12FNO4S/c1-17-10-5-3-2-4-9(10)13-7-8(6-11(13)14)18(12,15)16/h2-5,8H,6-7H2,1H3. The second-order valence-electron chi connectivity index (χ2n) is 3.98. The lowest BCUT2D eigenvalue weighted by molar-refractivity contribution is -0.117. The van der Waals surface area contributed by atoms with Gasteiger partial charge in [-0.05, 0) is 12.1 Å². The summed E-state index contributed by atoms with van der Waals surface area (Å²) in [7, 11) is -3.25. The van der Waals surface area contributed by atoms with Crippen LogP contribution in [-0.4, -0.2) is 33.2 Å². The number of para-hydroxylation sites is 2. The molecule has 1 amide bonds. The summed E-state index contributed by atoms with van der Waals surface area (Å²) < 4.78 is 39.7. The van der Waals surface area contributed by atoms with Gasteiger partial charge in [0.1, 0.15) is 11.0 Å². The molecule has 0 spiro atoms. The Balaban J connectivity index is 2.33. The highest BCUT2D eigenvalue weighted by molar-refractivity contribution is 7.87. The molecule has 0 aliphatic carbocycles. The second kappa shape index (κ2) is 4.56. The average molecular weight is 273 g/mol. The summed E-state index contributed by atoms with van der Waals surface area (Å²) in [5.41, 5.74) is 0.455. The first kappa shape index (κ1) is 12.8. The number of carbonyl (C=O) groups excluding carboxylic acids is 1. The Kier molecular flexibility index (Phi) is 3.25. The molecule has 1 unspecified atom stereocenters. The van der Waals surface area contributed by atoms with Gasteiger partial charge < -0.3 is 9.64 Å². The highest BCUT2D eigenvalue weighted by Gasteiger charge is 2.39. The molecule has 2 rings (SSSR count). The van der Waals surface area contributed by atoms with Crippen LogP contribution in [0, 0.1) is 0 Å². The number of ether oxygens (including phenoxy) is 1. The molecule has 1 aromatic rings. The van der Waals surface area contributed by atoms with Crippen LogP contribution in [0.4, 0.5) is 9.57 Å². The van der Waals surface area contributed by atoms with Crippen molar-refractivity contribution in [2.75, 3.05) is 18.6 Å². The zero-order valence-electron chi connectivity index (χ0n) is 9.67. The fourth-order valence-electron chi connectivity index (χ4n) is 1.95. The number of rotatable bonds is 3. The average Bonchev–Trinajstić information content (AvgIpc) is 2.71. The van der Waals surface area contributed by atoms with Crippen LogP contribution < -0.4 is 9.64 Å². The molecule has 0 N–H and O–H groups in total. The molecule has 0 saturated carbocycles. The SMILES string of the molecule is COc1ccccc1N1CC(S(=O)(=O)F)CC1=O. The Morgan fingerprint density at radius 2 is 2.06 bits per heavy atom. The van der Waals surface area contributed by atoms with Gasteiger partial charge in [0.2, 0.25) is 5.91 Å². The van der Waals surface area contributed by atoms with Crippen LogP contribution in [0.25, 0.3) is 0 Å². The summed E-state index contributed by atoms with van der Waals surface area (Å²) in [5, 5.41) is -1.30. The third-order valence-electron chi connectivity index (χ3n) is 2.86. The number of nitrogens with zero attached hydrogens (tertiary/aromatic N) is 1. The van der Waals surface area contributed by atoms with Gasteiger partial charge in [-0.2, -0.15) is 8.42 Å². The largest absolute Gasteiger partial charge is 0.495 e. The van der Waals surface area contributed by atoms with Gasteiger partial charge in [-0.1, -0.05) is 12.1 Å². The van der Waals surface area contributed by atoms with Gasteiger partial charge in [-0.25, -0.2) is 0 Å². The summed E-state index contributed by atoms with van der Waals surface area (Å²) in [5.74, 6) is 0.0217. The lowest BCUT2D eigenvalue weighted by atomic mass is 10.2. The van der Waals surface area contributed by atoms with Crippen molar-refractivity contribution in [1.29, 1.82) is 0 Å². The van der Waals surface area contributed by atoms with Crippen LogP contribution in [0.3, 0.4) is 0 Å². The zero-order chi connectivity index (χ0) is 13.3. The van der Waals surface area contributed by atoms with Crippen molar-refractivity contribution >= 4 is 21.8 Å². The maximum atomic E-state index is 12.9. The van der Waals surface area contributed by atoms with Crippen molar-refractivity contribution in [2.24, 2.45) is 0 Å². The number of amides is 1. The highest BCUT2D eigenvalue weighted by Crippen LogP contribution is 2.32. The van der Waals surface area contributed by atoms with Crippen LogP contribution in [0.15, 0.2) is 24.3 Å². The fourth-order valence-corrected chi connectivity index (χ4v) is 2.62. The number of methoxy groups -OCH3 is 1. The highest BCUT2D eigenvalue weighted by atomic mass is 32.3. The number of hydrogen-bond acceptors (Lipinski definition) is 4. The first-order valence-corrected chi connectivity index (χ1v) is 6.75. The van der Waals surface area contributed by atoms with Gasteiger partial charge >= 0.3 is 10.2 Å². The Labute approximate surface area is 104 Å². The maximum Gasteiger partial charge on any atom is 0.307 e. The van der Waals surface area contributed by atoms with E-state index in [1.54, 1.807) is 24.3 Å². The van der Waals surface area contributed by atoms with Crippen molar-refractivity contribution in [3.8, 4) is 5.75 Å². The van der Waals surface area contributed by atoms with E-state index in [-0.39, 0.29) is 13.0 Å².